The van der Waals surface area contributed by atoms with E-state index in [2.05, 4.69) is 5.43 Å². The molecule has 88 valence electrons. The number of aryl methyl sites for hydroxylation is 1. The summed E-state index contributed by atoms with van der Waals surface area (Å²) in [7, 11) is 0. The van der Waals surface area contributed by atoms with Crippen LogP contribution in [0.15, 0.2) is 18.2 Å². The molecule has 0 spiro atoms. The van der Waals surface area contributed by atoms with E-state index in [0.29, 0.717) is 5.56 Å². The lowest BCUT2D eigenvalue weighted by atomic mass is 9.99. The van der Waals surface area contributed by atoms with Crippen molar-refractivity contribution in [2.75, 3.05) is 0 Å². The van der Waals surface area contributed by atoms with Crippen LogP contribution < -0.4 is 11.3 Å². The summed E-state index contributed by atoms with van der Waals surface area (Å²) >= 11 is 0. The molecule has 0 heterocycles. The smallest absolute Gasteiger partial charge is 0.128 e. The fourth-order valence-electron chi connectivity index (χ4n) is 2.07. The molecule has 1 atom stereocenters. The summed E-state index contributed by atoms with van der Waals surface area (Å²) in [6.07, 6.45) is 4.71. The predicted molar refractivity (Wildman–Crippen MR) is 63.2 cm³/mol. The van der Waals surface area contributed by atoms with Gasteiger partial charge in [-0.15, -0.1) is 0 Å². The number of benzene rings is 1. The molecular formula is C13H19FN2. The van der Waals surface area contributed by atoms with Gasteiger partial charge in [0.25, 0.3) is 0 Å². The van der Waals surface area contributed by atoms with Crippen molar-refractivity contribution in [3.63, 3.8) is 0 Å². The SMILES string of the molecule is Cc1ccc(F)c(C(CCC2CC2)NN)c1. The van der Waals surface area contributed by atoms with E-state index in [-0.39, 0.29) is 11.9 Å². The largest absolute Gasteiger partial charge is 0.271 e. The van der Waals surface area contributed by atoms with E-state index in [1.165, 1.54) is 18.9 Å². The summed E-state index contributed by atoms with van der Waals surface area (Å²) < 4.78 is 13.7. The average molecular weight is 222 g/mol. The third-order valence-electron chi connectivity index (χ3n) is 3.29. The van der Waals surface area contributed by atoms with Gasteiger partial charge in [-0.25, -0.2) is 4.39 Å². The highest BCUT2D eigenvalue weighted by molar-refractivity contribution is 5.26. The first kappa shape index (κ1) is 11.6. The number of rotatable bonds is 5. The normalized spacial score (nSPS) is 17.4. The van der Waals surface area contributed by atoms with Gasteiger partial charge in [-0.3, -0.25) is 11.3 Å². The molecule has 3 N–H and O–H groups in total. The molecule has 3 heteroatoms. The van der Waals surface area contributed by atoms with E-state index in [0.717, 1.165) is 24.3 Å². The number of hydrogen-bond acceptors (Lipinski definition) is 2. The highest BCUT2D eigenvalue weighted by atomic mass is 19.1. The molecule has 0 bridgehead atoms. The summed E-state index contributed by atoms with van der Waals surface area (Å²) in [4.78, 5) is 0. The van der Waals surface area contributed by atoms with Crippen LogP contribution in [0, 0.1) is 18.7 Å². The van der Waals surface area contributed by atoms with Crippen LogP contribution >= 0.6 is 0 Å². The lowest BCUT2D eigenvalue weighted by Crippen LogP contribution is -2.28. The highest BCUT2D eigenvalue weighted by Gasteiger charge is 2.23. The molecule has 16 heavy (non-hydrogen) atoms. The molecule has 0 saturated heterocycles. The van der Waals surface area contributed by atoms with Crippen LogP contribution in [0.25, 0.3) is 0 Å². The van der Waals surface area contributed by atoms with Crippen molar-refractivity contribution in [2.45, 2.75) is 38.6 Å². The molecular weight excluding hydrogens is 203 g/mol. The Balaban J connectivity index is 2.07. The van der Waals surface area contributed by atoms with Gasteiger partial charge in [-0.2, -0.15) is 0 Å². The second-order valence-electron chi connectivity index (χ2n) is 4.76. The Hall–Kier alpha value is -0.930. The Labute approximate surface area is 96.0 Å². The molecule has 1 unspecified atom stereocenters. The minimum absolute atomic E-state index is 0.0551. The van der Waals surface area contributed by atoms with Crippen molar-refractivity contribution >= 4 is 0 Å². The van der Waals surface area contributed by atoms with E-state index in [9.17, 15) is 4.39 Å². The van der Waals surface area contributed by atoms with Crippen LogP contribution in [0.5, 0.6) is 0 Å². The number of nitrogens with two attached hydrogens (primary N) is 1. The van der Waals surface area contributed by atoms with Crippen molar-refractivity contribution in [1.29, 1.82) is 0 Å². The quantitative estimate of drug-likeness (QED) is 0.594. The molecule has 1 aromatic carbocycles. The zero-order chi connectivity index (χ0) is 11.5. The van der Waals surface area contributed by atoms with Gasteiger partial charge in [0.1, 0.15) is 5.82 Å². The van der Waals surface area contributed by atoms with Gasteiger partial charge in [0.2, 0.25) is 0 Å². The zero-order valence-corrected chi connectivity index (χ0v) is 9.67. The summed E-state index contributed by atoms with van der Waals surface area (Å²) in [5.74, 6) is 6.20. The maximum atomic E-state index is 13.7. The fourth-order valence-corrected chi connectivity index (χ4v) is 2.07. The third kappa shape index (κ3) is 2.80. The topological polar surface area (TPSA) is 38.0 Å². The fraction of sp³-hybridized carbons (Fsp3) is 0.538. The monoisotopic (exact) mass is 222 g/mol. The van der Waals surface area contributed by atoms with Crippen LogP contribution in [-0.4, -0.2) is 0 Å². The van der Waals surface area contributed by atoms with Crippen molar-refractivity contribution in [3.05, 3.63) is 35.1 Å². The molecule has 1 saturated carbocycles. The highest BCUT2D eigenvalue weighted by Crippen LogP contribution is 2.36. The summed E-state index contributed by atoms with van der Waals surface area (Å²) in [6, 6.07) is 5.13. The van der Waals surface area contributed by atoms with E-state index in [1.807, 2.05) is 13.0 Å². The van der Waals surface area contributed by atoms with Crippen molar-refractivity contribution in [1.82, 2.24) is 5.43 Å². The van der Waals surface area contributed by atoms with Crippen molar-refractivity contribution < 1.29 is 4.39 Å². The van der Waals surface area contributed by atoms with Gasteiger partial charge in [0.05, 0.1) is 0 Å². The second kappa shape index (κ2) is 4.93. The molecule has 1 aliphatic rings. The number of hydrogen-bond donors (Lipinski definition) is 2. The molecule has 1 aromatic rings. The van der Waals surface area contributed by atoms with Gasteiger partial charge in [-0.05, 0) is 31.7 Å². The standard InChI is InChI=1S/C13H19FN2/c1-9-2-6-12(14)11(8-9)13(16-15)7-5-10-3-4-10/h2,6,8,10,13,16H,3-5,7,15H2,1H3. The zero-order valence-electron chi connectivity index (χ0n) is 9.67. The third-order valence-corrected chi connectivity index (χ3v) is 3.29. The first-order valence-electron chi connectivity index (χ1n) is 5.93. The minimum atomic E-state index is -0.163. The molecule has 1 fully saturated rings. The first-order valence-corrected chi connectivity index (χ1v) is 5.93. The first-order chi connectivity index (χ1) is 7.70. The second-order valence-corrected chi connectivity index (χ2v) is 4.76. The van der Waals surface area contributed by atoms with Crippen LogP contribution in [0.3, 0.4) is 0 Å². The van der Waals surface area contributed by atoms with Gasteiger partial charge >= 0.3 is 0 Å². The number of halogens is 1. The summed E-state index contributed by atoms with van der Waals surface area (Å²) in [5.41, 5.74) is 4.50. The van der Waals surface area contributed by atoms with Crippen molar-refractivity contribution in [2.24, 2.45) is 11.8 Å². The lowest BCUT2D eigenvalue weighted by molar-refractivity contribution is 0.460. The van der Waals surface area contributed by atoms with Gasteiger partial charge in [0, 0.05) is 11.6 Å². The Bertz CT molecular complexity index is 361. The van der Waals surface area contributed by atoms with Crippen LogP contribution in [0.2, 0.25) is 0 Å². The summed E-state index contributed by atoms with van der Waals surface area (Å²) in [5, 5.41) is 0. The predicted octanol–water partition coefficient (Wildman–Crippen LogP) is 2.83. The average Bonchev–Trinajstić information content (AvgIpc) is 3.07. The van der Waals surface area contributed by atoms with Gasteiger partial charge in [-0.1, -0.05) is 30.5 Å². The lowest BCUT2D eigenvalue weighted by Gasteiger charge is -2.17. The molecule has 2 rings (SSSR count). The van der Waals surface area contributed by atoms with E-state index < -0.39 is 0 Å². The number of nitrogens with one attached hydrogen (secondary N) is 1. The van der Waals surface area contributed by atoms with E-state index in [4.69, 9.17) is 5.84 Å². The van der Waals surface area contributed by atoms with Gasteiger partial charge in [0.15, 0.2) is 0 Å². The molecule has 0 radical (unpaired) electrons. The minimum Gasteiger partial charge on any atom is -0.271 e. The molecule has 0 aromatic heterocycles. The van der Waals surface area contributed by atoms with Crippen LogP contribution in [-0.2, 0) is 0 Å². The Morgan fingerprint density at radius 1 is 1.50 bits per heavy atom. The van der Waals surface area contributed by atoms with Crippen molar-refractivity contribution in [3.8, 4) is 0 Å². The Morgan fingerprint density at radius 3 is 2.88 bits per heavy atom. The Kier molecular flexibility index (Phi) is 3.56. The van der Waals surface area contributed by atoms with Crippen LogP contribution in [0.1, 0.15) is 42.9 Å². The maximum Gasteiger partial charge on any atom is 0.128 e. The Morgan fingerprint density at radius 2 is 2.25 bits per heavy atom. The summed E-state index contributed by atoms with van der Waals surface area (Å²) in [6.45, 7) is 1.97. The van der Waals surface area contributed by atoms with E-state index in [1.54, 1.807) is 6.07 Å². The molecule has 2 nitrogen and oxygen atoms in total. The molecule has 0 amide bonds. The molecule has 1 aliphatic carbocycles. The van der Waals surface area contributed by atoms with Gasteiger partial charge < -0.3 is 0 Å². The maximum absolute atomic E-state index is 13.7. The van der Waals surface area contributed by atoms with E-state index >= 15 is 0 Å². The molecule has 0 aliphatic heterocycles. The number of hydrazine groups is 1. The van der Waals surface area contributed by atoms with Crippen LogP contribution in [0.4, 0.5) is 4.39 Å².